The highest BCUT2D eigenvalue weighted by Crippen LogP contribution is 2.33. The fourth-order valence-electron chi connectivity index (χ4n) is 3.53. The first-order valence-electron chi connectivity index (χ1n) is 9.63. The zero-order valence-electron chi connectivity index (χ0n) is 16.5. The van der Waals surface area contributed by atoms with Crippen LogP contribution in [-0.4, -0.2) is 52.8 Å². The molecule has 0 aromatic heterocycles. The molecular formula is C21H24O8S. The molecule has 0 bridgehead atoms. The van der Waals surface area contributed by atoms with Gasteiger partial charge >= 0.3 is 10.4 Å². The molecule has 2 fully saturated rings. The normalized spacial score (nSPS) is 30.5. The summed E-state index contributed by atoms with van der Waals surface area (Å²) in [6.45, 7) is 0.352. The summed E-state index contributed by atoms with van der Waals surface area (Å²) in [4.78, 5) is 0. The highest BCUT2D eigenvalue weighted by atomic mass is 32.3. The van der Waals surface area contributed by atoms with Crippen LogP contribution in [0.25, 0.3) is 0 Å². The number of rotatable bonds is 7. The van der Waals surface area contributed by atoms with E-state index in [1.807, 2.05) is 60.7 Å². The lowest BCUT2D eigenvalue weighted by atomic mass is 9.98. The molecule has 5 atom stereocenters. The van der Waals surface area contributed by atoms with Gasteiger partial charge < -0.3 is 18.9 Å². The third-order valence-electron chi connectivity index (χ3n) is 5.00. The topological polar surface area (TPSA) is 89.5 Å². The summed E-state index contributed by atoms with van der Waals surface area (Å²) in [5.74, 6) is 0. The van der Waals surface area contributed by atoms with Crippen molar-refractivity contribution in [2.75, 3.05) is 13.7 Å². The molecule has 9 heteroatoms. The van der Waals surface area contributed by atoms with Gasteiger partial charge in [0.15, 0.2) is 6.29 Å². The summed E-state index contributed by atoms with van der Waals surface area (Å²) >= 11 is 0. The monoisotopic (exact) mass is 436 g/mol. The fraction of sp³-hybridized carbons (Fsp3) is 0.429. The van der Waals surface area contributed by atoms with Crippen molar-refractivity contribution in [2.24, 2.45) is 0 Å². The Morgan fingerprint density at radius 2 is 1.47 bits per heavy atom. The van der Waals surface area contributed by atoms with E-state index < -0.39 is 41.1 Å². The predicted molar refractivity (Wildman–Crippen MR) is 105 cm³/mol. The van der Waals surface area contributed by atoms with Gasteiger partial charge in [0.05, 0.1) is 19.8 Å². The summed E-state index contributed by atoms with van der Waals surface area (Å²) in [5.41, 5.74) is 1.89. The maximum Gasteiger partial charge on any atom is 0.400 e. The molecule has 4 rings (SSSR count). The number of fused-ring (bicyclic) bond motifs is 1. The summed E-state index contributed by atoms with van der Waals surface area (Å²) in [5, 5.41) is 0. The van der Waals surface area contributed by atoms with E-state index in [2.05, 4.69) is 0 Å². The van der Waals surface area contributed by atoms with Gasteiger partial charge in [0.1, 0.15) is 24.4 Å². The molecule has 2 aliphatic rings. The SMILES string of the molecule is CO[C@H]1O[C@@H]2COS(=O)(=O)O[C@H]2[C@H](OCc2ccccc2)[C@@H]1OCc1ccccc1. The Morgan fingerprint density at radius 3 is 2.03 bits per heavy atom. The molecule has 0 aliphatic carbocycles. The van der Waals surface area contributed by atoms with E-state index in [1.54, 1.807) is 0 Å². The molecule has 2 aliphatic heterocycles. The van der Waals surface area contributed by atoms with E-state index in [0.29, 0.717) is 0 Å². The number of ether oxygens (including phenoxy) is 4. The van der Waals surface area contributed by atoms with Crippen molar-refractivity contribution in [3.8, 4) is 0 Å². The van der Waals surface area contributed by atoms with Crippen LogP contribution in [0.15, 0.2) is 60.7 Å². The van der Waals surface area contributed by atoms with Crippen LogP contribution in [0, 0.1) is 0 Å². The Kier molecular flexibility index (Phi) is 6.79. The molecule has 2 heterocycles. The van der Waals surface area contributed by atoms with Crippen LogP contribution in [0.1, 0.15) is 11.1 Å². The molecular weight excluding hydrogens is 412 g/mol. The van der Waals surface area contributed by atoms with E-state index in [0.717, 1.165) is 11.1 Å². The fourth-order valence-corrected chi connectivity index (χ4v) is 4.39. The Morgan fingerprint density at radius 1 is 0.900 bits per heavy atom. The molecule has 8 nitrogen and oxygen atoms in total. The zero-order chi connectivity index (χ0) is 21.0. The molecule has 2 aromatic rings. The second-order valence-electron chi connectivity index (χ2n) is 7.05. The number of benzene rings is 2. The van der Waals surface area contributed by atoms with Crippen molar-refractivity contribution in [2.45, 2.75) is 43.9 Å². The van der Waals surface area contributed by atoms with Crippen LogP contribution in [0.3, 0.4) is 0 Å². The lowest BCUT2D eigenvalue weighted by Crippen LogP contribution is -2.63. The first-order chi connectivity index (χ1) is 14.6. The largest absolute Gasteiger partial charge is 0.400 e. The summed E-state index contributed by atoms with van der Waals surface area (Å²) in [6.07, 6.45) is -3.83. The standard InChI is InChI=1S/C21H24O8S/c1-24-21-20(26-13-16-10-6-3-7-11-16)19(25-12-15-8-4-2-5-9-15)18-17(28-21)14-27-30(22,23)29-18/h2-11,17-21H,12-14H2,1H3/t17-,18-,19+,20+,21+/m1/s1. The summed E-state index contributed by atoms with van der Waals surface area (Å²) in [7, 11) is -2.64. The van der Waals surface area contributed by atoms with Crippen LogP contribution in [0.2, 0.25) is 0 Å². The predicted octanol–water partition coefficient (Wildman–Crippen LogP) is 2.19. The van der Waals surface area contributed by atoms with Gasteiger partial charge in [0.2, 0.25) is 0 Å². The van der Waals surface area contributed by atoms with Crippen molar-refractivity contribution >= 4 is 10.4 Å². The molecule has 2 aromatic carbocycles. The van der Waals surface area contributed by atoms with Crippen molar-refractivity contribution in [3.63, 3.8) is 0 Å². The zero-order valence-corrected chi connectivity index (χ0v) is 17.3. The van der Waals surface area contributed by atoms with E-state index in [4.69, 9.17) is 27.3 Å². The molecule has 30 heavy (non-hydrogen) atoms. The summed E-state index contributed by atoms with van der Waals surface area (Å²) < 4.78 is 57.5. The van der Waals surface area contributed by atoms with Crippen LogP contribution in [0.4, 0.5) is 0 Å². The number of methoxy groups -OCH3 is 1. The molecule has 0 unspecified atom stereocenters. The van der Waals surface area contributed by atoms with Gasteiger partial charge in [-0.3, -0.25) is 0 Å². The van der Waals surface area contributed by atoms with E-state index in [1.165, 1.54) is 7.11 Å². The average molecular weight is 436 g/mol. The van der Waals surface area contributed by atoms with Gasteiger partial charge in [-0.15, -0.1) is 0 Å². The van der Waals surface area contributed by atoms with Crippen LogP contribution < -0.4 is 0 Å². The van der Waals surface area contributed by atoms with E-state index >= 15 is 0 Å². The second kappa shape index (κ2) is 9.52. The molecule has 0 spiro atoms. The lowest BCUT2D eigenvalue weighted by molar-refractivity contribution is -0.314. The number of hydrogen-bond donors (Lipinski definition) is 0. The van der Waals surface area contributed by atoms with Gasteiger partial charge in [-0.25, -0.2) is 8.37 Å². The highest BCUT2D eigenvalue weighted by molar-refractivity contribution is 7.81. The van der Waals surface area contributed by atoms with Crippen LogP contribution >= 0.6 is 0 Å². The second-order valence-corrected chi connectivity index (χ2v) is 8.30. The van der Waals surface area contributed by atoms with Crippen molar-refractivity contribution in [1.82, 2.24) is 0 Å². The van der Waals surface area contributed by atoms with Gasteiger partial charge in [0.25, 0.3) is 0 Å². The Hall–Kier alpha value is -1.85. The lowest BCUT2D eigenvalue weighted by Gasteiger charge is -2.46. The maximum absolute atomic E-state index is 11.9. The third kappa shape index (κ3) is 5.06. The van der Waals surface area contributed by atoms with Gasteiger partial charge in [-0.1, -0.05) is 60.7 Å². The highest BCUT2D eigenvalue weighted by Gasteiger charge is 2.53. The van der Waals surface area contributed by atoms with Crippen molar-refractivity contribution in [3.05, 3.63) is 71.8 Å². The van der Waals surface area contributed by atoms with Crippen LogP contribution in [0.5, 0.6) is 0 Å². The molecule has 0 radical (unpaired) electrons. The van der Waals surface area contributed by atoms with Crippen molar-refractivity contribution in [1.29, 1.82) is 0 Å². The van der Waals surface area contributed by atoms with E-state index in [-0.39, 0.29) is 19.8 Å². The van der Waals surface area contributed by atoms with E-state index in [9.17, 15) is 8.42 Å². The smallest absolute Gasteiger partial charge is 0.368 e. The minimum absolute atomic E-state index is 0.177. The molecule has 0 amide bonds. The minimum Gasteiger partial charge on any atom is -0.368 e. The van der Waals surface area contributed by atoms with Crippen LogP contribution in [-0.2, 0) is 50.9 Å². The Labute approximate surface area is 175 Å². The third-order valence-corrected chi connectivity index (χ3v) is 5.88. The Balaban J connectivity index is 1.57. The van der Waals surface area contributed by atoms with Crippen molar-refractivity contribution < 1.29 is 35.7 Å². The molecule has 162 valence electrons. The van der Waals surface area contributed by atoms with Gasteiger partial charge in [-0.05, 0) is 11.1 Å². The first kappa shape index (κ1) is 21.4. The molecule has 0 saturated carbocycles. The Bertz CT molecular complexity index is 905. The van der Waals surface area contributed by atoms with Gasteiger partial charge in [0, 0.05) is 7.11 Å². The molecule has 0 N–H and O–H groups in total. The maximum atomic E-state index is 11.9. The summed E-state index contributed by atoms with van der Waals surface area (Å²) in [6, 6.07) is 19.2. The first-order valence-corrected chi connectivity index (χ1v) is 11.0. The number of hydrogen-bond acceptors (Lipinski definition) is 8. The average Bonchev–Trinajstić information content (AvgIpc) is 2.77. The van der Waals surface area contributed by atoms with Gasteiger partial charge in [-0.2, -0.15) is 8.42 Å². The quantitative estimate of drug-likeness (QED) is 0.653. The minimum atomic E-state index is -4.14. The molecule has 2 saturated heterocycles.